The Hall–Kier alpha value is -1.65. The van der Waals surface area contributed by atoms with E-state index in [4.69, 9.17) is 4.52 Å². The molecule has 5 heteroatoms. The number of ketones is 1. The fourth-order valence-corrected chi connectivity index (χ4v) is 1.11. The molecule has 0 atom stereocenters. The second-order valence-corrected chi connectivity index (χ2v) is 2.60. The Morgan fingerprint density at radius 2 is 2.42 bits per heavy atom. The van der Waals surface area contributed by atoms with Gasteiger partial charge < -0.3 is 9.09 Å². The van der Waals surface area contributed by atoms with Crippen LogP contribution in [0.3, 0.4) is 0 Å². The van der Waals surface area contributed by atoms with Gasteiger partial charge in [0.2, 0.25) is 11.4 Å². The number of aromatic nitrogens is 3. The van der Waals surface area contributed by atoms with Crippen molar-refractivity contribution in [3.05, 3.63) is 12.1 Å². The van der Waals surface area contributed by atoms with Crippen molar-refractivity contribution in [3.8, 4) is 0 Å². The average molecular weight is 165 g/mol. The van der Waals surface area contributed by atoms with Gasteiger partial charge in [-0.2, -0.15) is 0 Å². The maximum Gasteiger partial charge on any atom is 0.228 e. The molecular weight excluding hydrogens is 158 g/mol. The van der Waals surface area contributed by atoms with E-state index >= 15 is 0 Å². The molecule has 2 aromatic rings. The number of Topliss-reactive ketones (excluding diaryl/α,β-unsaturated/α-hetero) is 1. The molecule has 0 fully saturated rings. The Morgan fingerprint density at radius 1 is 1.67 bits per heavy atom. The third kappa shape index (κ3) is 0.761. The number of hydrogen-bond acceptors (Lipinski definition) is 4. The predicted octanol–water partition coefficient (Wildman–Crippen LogP) is 0.764. The minimum absolute atomic E-state index is 0.138. The van der Waals surface area contributed by atoms with Crippen LogP contribution in [0.5, 0.6) is 0 Å². The van der Waals surface area contributed by atoms with Gasteiger partial charge in [0.1, 0.15) is 5.52 Å². The van der Waals surface area contributed by atoms with Gasteiger partial charge >= 0.3 is 0 Å². The van der Waals surface area contributed by atoms with Crippen LogP contribution in [-0.4, -0.2) is 20.5 Å². The first-order valence-corrected chi connectivity index (χ1v) is 3.48. The normalized spacial score (nSPS) is 10.8. The summed E-state index contributed by atoms with van der Waals surface area (Å²) in [5.41, 5.74) is 1.13. The standard InChI is InChI=1S/C7H7N3O2/c1-4(11)6-5-7(9-12-6)8-3-10(5)2/h3H,1-2H3. The molecule has 0 aliphatic heterocycles. The van der Waals surface area contributed by atoms with E-state index in [0.717, 1.165) is 0 Å². The lowest BCUT2D eigenvalue weighted by Crippen LogP contribution is -1.93. The molecule has 0 spiro atoms. The molecule has 0 saturated heterocycles. The molecule has 2 aromatic heterocycles. The molecule has 0 saturated carbocycles. The van der Waals surface area contributed by atoms with E-state index < -0.39 is 0 Å². The van der Waals surface area contributed by atoms with Crippen molar-refractivity contribution < 1.29 is 9.32 Å². The Labute approximate surface area is 68.0 Å². The number of nitrogens with zero attached hydrogens (tertiary/aromatic N) is 3. The van der Waals surface area contributed by atoms with Crippen LogP contribution in [0.2, 0.25) is 0 Å². The van der Waals surface area contributed by atoms with Gasteiger partial charge in [0.15, 0.2) is 5.78 Å². The first-order valence-electron chi connectivity index (χ1n) is 3.48. The molecule has 5 nitrogen and oxygen atoms in total. The van der Waals surface area contributed by atoms with Gasteiger partial charge in [-0.15, -0.1) is 0 Å². The molecule has 0 aliphatic carbocycles. The van der Waals surface area contributed by atoms with Crippen molar-refractivity contribution in [2.75, 3.05) is 0 Å². The summed E-state index contributed by atoms with van der Waals surface area (Å²) in [6.45, 7) is 1.44. The SMILES string of the molecule is CC(=O)c1onc2ncn(C)c12. The summed E-state index contributed by atoms with van der Waals surface area (Å²) in [6, 6.07) is 0. The fraction of sp³-hybridized carbons (Fsp3) is 0.286. The first kappa shape index (κ1) is 7.02. The minimum Gasteiger partial charge on any atom is -0.349 e. The monoisotopic (exact) mass is 165 g/mol. The summed E-state index contributed by atoms with van der Waals surface area (Å²) in [6.07, 6.45) is 1.60. The Bertz CT molecular complexity index is 440. The summed E-state index contributed by atoms with van der Waals surface area (Å²) >= 11 is 0. The van der Waals surface area contributed by atoms with Crippen LogP contribution in [0.1, 0.15) is 17.5 Å². The molecule has 0 unspecified atom stereocenters. The Balaban J connectivity index is 2.83. The lowest BCUT2D eigenvalue weighted by atomic mass is 10.3. The molecule has 2 heterocycles. The molecular formula is C7H7N3O2. The highest BCUT2D eigenvalue weighted by atomic mass is 16.5. The summed E-state index contributed by atoms with van der Waals surface area (Å²) in [5, 5.41) is 3.63. The van der Waals surface area contributed by atoms with E-state index in [9.17, 15) is 4.79 Å². The van der Waals surface area contributed by atoms with Crippen molar-refractivity contribution in [1.29, 1.82) is 0 Å². The highest BCUT2D eigenvalue weighted by Crippen LogP contribution is 2.15. The number of aryl methyl sites for hydroxylation is 1. The molecule has 12 heavy (non-hydrogen) atoms. The van der Waals surface area contributed by atoms with Crippen LogP contribution in [0.4, 0.5) is 0 Å². The van der Waals surface area contributed by atoms with E-state index in [2.05, 4.69) is 10.1 Å². The molecule has 62 valence electrons. The lowest BCUT2D eigenvalue weighted by Gasteiger charge is -1.89. The summed E-state index contributed by atoms with van der Waals surface area (Å²) in [5.74, 6) is 0.131. The minimum atomic E-state index is -0.138. The van der Waals surface area contributed by atoms with Gasteiger partial charge in [-0.05, 0) is 0 Å². The fourth-order valence-electron chi connectivity index (χ4n) is 1.11. The third-order valence-corrected chi connectivity index (χ3v) is 1.68. The van der Waals surface area contributed by atoms with Crippen LogP contribution >= 0.6 is 0 Å². The van der Waals surface area contributed by atoms with Crippen molar-refractivity contribution in [2.45, 2.75) is 6.92 Å². The summed E-state index contributed by atoms with van der Waals surface area (Å²) in [4.78, 5) is 14.9. The van der Waals surface area contributed by atoms with Gasteiger partial charge in [-0.1, -0.05) is 5.16 Å². The zero-order chi connectivity index (χ0) is 8.72. The van der Waals surface area contributed by atoms with Crippen molar-refractivity contribution in [1.82, 2.24) is 14.7 Å². The van der Waals surface area contributed by atoms with E-state index in [0.29, 0.717) is 11.2 Å². The van der Waals surface area contributed by atoms with Crippen molar-refractivity contribution >= 4 is 16.9 Å². The van der Waals surface area contributed by atoms with E-state index in [1.165, 1.54) is 6.92 Å². The summed E-state index contributed by atoms with van der Waals surface area (Å²) in [7, 11) is 1.79. The molecule has 0 aromatic carbocycles. The molecule has 0 N–H and O–H groups in total. The zero-order valence-corrected chi connectivity index (χ0v) is 6.74. The highest BCUT2D eigenvalue weighted by Gasteiger charge is 2.15. The number of hydrogen-bond donors (Lipinski definition) is 0. The summed E-state index contributed by atoms with van der Waals surface area (Å²) < 4.78 is 6.53. The molecule has 2 rings (SSSR count). The molecule has 0 amide bonds. The maximum atomic E-state index is 11.0. The van der Waals surface area contributed by atoms with Crippen LogP contribution < -0.4 is 0 Å². The predicted molar refractivity (Wildman–Crippen MR) is 40.8 cm³/mol. The Kier molecular flexibility index (Phi) is 1.27. The van der Waals surface area contributed by atoms with Gasteiger partial charge in [-0.25, -0.2) is 4.98 Å². The number of imidazole rings is 1. The van der Waals surface area contributed by atoms with Crippen molar-refractivity contribution in [3.63, 3.8) is 0 Å². The van der Waals surface area contributed by atoms with Gasteiger partial charge in [-0.3, -0.25) is 4.79 Å². The van der Waals surface area contributed by atoms with Crippen LogP contribution in [0, 0.1) is 0 Å². The largest absolute Gasteiger partial charge is 0.349 e. The second kappa shape index (κ2) is 2.17. The van der Waals surface area contributed by atoms with E-state index in [1.54, 1.807) is 17.9 Å². The van der Waals surface area contributed by atoms with Crippen LogP contribution in [0.25, 0.3) is 11.2 Å². The maximum absolute atomic E-state index is 11.0. The molecule has 0 aliphatic rings. The number of carbonyl (C=O) groups is 1. The second-order valence-electron chi connectivity index (χ2n) is 2.60. The van der Waals surface area contributed by atoms with Crippen LogP contribution in [0.15, 0.2) is 10.9 Å². The first-order chi connectivity index (χ1) is 5.70. The topological polar surface area (TPSA) is 60.9 Å². The average Bonchev–Trinajstić information content (AvgIpc) is 2.53. The van der Waals surface area contributed by atoms with Crippen LogP contribution in [-0.2, 0) is 7.05 Å². The number of fused-ring (bicyclic) bond motifs is 1. The quantitative estimate of drug-likeness (QED) is 0.585. The molecule has 0 bridgehead atoms. The van der Waals surface area contributed by atoms with E-state index in [1.807, 2.05) is 0 Å². The highest BCUT2D eigenvalue weighted by molar-refractivity contribution is 6.01. The van der Waals surface area contributed by atoms with Gasteiger partial charge in [0, 0.05) is 14.0 Å². The van der Waals surface area contributed by atoms with E-state index in [-0.39, 0.29) is 11.5 Å². The van der Waals surface area contributed by atoms with Gasteiger partial charge in [0.05, 0.1) is 6.33 Å². The number of carbonyl (C=O) groups excluding carboxylic acids is 1. The zero-order valence-electron chi connectivity index (χ0n) is 6.74. The Morgan fingerprint density at radius 3 is 3.08 bits per heavy atom. The van der Waals surface area contributed by atoms with Gasteiger partial charge in [0.25, 0.3) is 0 Å². The third-order valence-electron chi connectivity index (χ3n) is 1.68. The molecule has 0 radical (unpaired) electrons. The van der Waals surface area contributed by atoms with Crippen molar-refractivity contribution in [2.24, 2.45) is 7.05 Å². The number of rotatable bonds is 1. The lowest BCUT2D eigenvalue weighted by molar-refractivity contribution is 0.0980. The smallest absolute Gasteiger partial charge is 0.228 e.